The second-order valence-electron chi connectivity index (χ2n) is 8.67. The maximum atomic E-state index is 12.6. The second-order valence-corrected chi connectivity index (χ2v) is 8.67. The highest BCUT2D eigenvalue weighted by atomic mass is 19.4. The molecule has 192 valence electrons. The summed E-state index contributed by atoms with van der Waals surface area (Å²) >= 11 is 0. The molecule has 8 nitrogen and oxygen atoms in total. The summed E-state index contributed by atoms with van der Waals surface area (Å²) in [6.07, 6.45) is -1.94. The zero-order chi connectivity index (χ0) is 26.5. The number of alkyl halides is 3. The summed E-state index contributed by atoms with van der Waals surface area (Å²) in [6.45, 7) is 3.05. The fraction of sp³-hybridized carbons (Fsp3) is 0.417. The summed E-state index contributed by atoms with van der Waals surface area (Å²) in [5.41, 5.74) is -0.622. The van der Waals surface area contributed by atoms with Crippen LogP contribution in [0.25, 0.3) is 0 Å². The molecule has 3 N–H and O–H groups in total. The van der Waals surface area contributed by atoms with E-state index in [0.29, 0.717) is 12.0 Å². The average molecular weight is 506 g/mol. The number of amides is 1. The molecule has 12 heteroatoms. The van der Waals surface area contributed by atoms with Gasteiger partial charge in [-0.3, -0.25) is 4.79 Å². The van der Waals surface area contributed by atoms with Crippen molar-refractivity contribution in [2.75, 3.05) is 6.61 Å². The molecule has 0 heterocycles. The van der Waals surface area contributed by atoms with Gasteiger partial charge in [0.15, 0.2) is 17.0 Å². The average Bonchev–Trinajstić information content (AvgIpc) is 3.62. The summed E-state index contributed by atoms with van der Waals surface area (Å²) in [5, 5.41) is 32.2. The van der Waals surface area contributed by atoms with Crippen LogP contribution in [0.15, 0.2) is 36.4 Å². The van der Waals surface area contributed by atoms with E-state index in [0.717, 1.165) is 43.5 Å². The van der Waals surface area contributed by atoms with Crippen LogP contribution in [-0.4, -0.2) is 47.7 Å². The third kappa shape index (κ3) is 7.29. The predicted octanol–water partition coefficient (Wildman–Crippen LogP) is 2.85. The first-order valence-corrected chi connectivity index (χ1v) is 11.4. The Kier molecular flexibility index (Phi) is 8.37. The molecule has 1 saturated carbocycles. The summed E-state index contributed by atoms with van der Waals surface area (Å²) in [5.74, 6) is -0.818. The van der Waals surface area contributed by atoms with Crippen molar-refractivity contribution in [3.8, 4) is 23.3 Å². The van der Waals surface area contributed by atoms with Crippen LogP contribution in [-0.2, 0) is 6.42 Å². The van der Waals surface area contributed by atoms with Crippen molar-refractivity contribution < 1.29 is 42.2 Å². The maximum absolute atomic E-state index is 12.6. The van der Waals surface area contributed by atoms with Crippen molar-refractivity contribution in [3.63, 3.8) is 0 Å². The fourth-order valence-electron chi connectivity index (χ4n) is 3.43. The summed E-state index contributed by atoms with van der Waals surface area (Å²) in [4.78, 5) is 12.6. The van der Waals surface area contributed by atoms with Crippen molar-refractivity contribution in [1.82, 2.24) is 5.32 Å². The molecule has 0 saturated heterocycles. The highest BCUT2D eigenvalue weighted by Gasteiger charge is 2.34. The fourth-order valence-corrected chi connectivity index (χ4v) is 3.43. The van der Waals surface area contributed by atoms with Crippen molar-refractivity contribution >= 4 is 18.5 Å². The molecule has 2 aromatic rings. The third-order valence-electron chi connectivity index (χ3n) is 5.34. The maximum Gasteiger partial charge on any atom is 0.573 e. The zero-order valence-corrected chi connectivity index (χ0v) is 19.8. The lowest BCUT2D eigenvalue weighted by Gasteiger charge is -2.25. The van der Waals surface area contributed by atoms with Gasteiger partial charge in [0.05, 0.1) is 12.2 Å². The quantitative estimate of drug-likeness (QED) is 0.401. The van der Waals surface area contributed by atoms with Crippen LogP contribution in [0.5, 0.6) is 17.2 Å². The lowest BCUT2D eigenvalue weighted by Crippen LogP contribution is -2.49. The van der Waals surface area contributed by atoms with Gasteiger partial charge in [0, 0.05) is 11.0 Å². The Labute approximate surface area is 206 Å². The lowest BCUT2D eigenvalue weighted by molar-refractivity contribution is -0.274. The minimum atomic E-state index is -4.86. The Morgan fingerprint density at radius 2 is 1.86 bits per heavy atom. The molecule has 1 aliphatic carbocycles. The molecule has 0 aromatic heterocycles. The van der Waals surface area contributed by atoms with Crippen LogP contribution >= 0.6 is 0 Å². The molecule has 0 bridgehead atoms. The highest BCUT2D eigenvalue weighted by Crippen LogP contribution is 2.34. The molecule has 1 amide bonds. The van der Waals surface area contributed by atoms with Crippen LogP contribution in [0, 0.1) is 11.3 Å². The van der Waals surface area contributed by atoms with Crippen molar-refractivity contribution in [1.29, 1.82) is 5.26 Å². The minimum absolute atomic E-state index is 0.0124. The molecule has 1 unspecified atom stereocenters. The topological polar surface area (TPSA) is 121 Å². The van der Waals surface area contributed by atoms with E-state index in [4.69, 9.17) is 9.47 Å². The molecular weight excluding hydrogens is 480 g/mol. The van der Waals surface area contributed by atoms with Gasteiger partial charge in [0.2, 0.25) is 0 Å². The predicted molar refractivity (Wildman–Crippen MR) is 124 cm³/mol. The van der Waals surface area contributed by atoms with Crippen molar-refractivity contribution in [3.05, 3.63) is 47.5 Å². The standard InChI is InChI=1S/C24H26BF3N2O6/c1-3-4-15-7-12-19(21(20(15)25(32)33)35-17-10-11-17)34-14-23(2,13-29)30-22(31)16-5-8-18(9-6-16)36-24(26,27)28/h5-9,12,17,32-33H,3-4,10-11,14H2,1-2H3,(H,30,31). The number of hydrogen-bond donors (Lipinski definition) is 3. The molecule has 0 spiro atoms. The van der Waals surface area contributed by atoms with Crippen LogP contribution in [0.3, 0.4) is 0 Å². The Morgan fingerprint density at radius 1 is 1.19 bits per heavy atom. The number of nitrogens with zero attached hydrogens (tertiary/aromatic N) is 1. The Hall–Kier alpha value is -3.43. The number of ether oxygens (including phenoxy) is 3. The number of carbonyl (C=O) groups is 1. The molecule has 36 heavy (non-hydrogen) atoms. The molecule has 1 fully saturated rings. The number of rotatable bonds is 11. The molecular formula is C24H26BF3N2O6. The van der Waals surface area contributed by atoms with Crippen LogP contribution < -0.4 is 25.0 Å². The number of benzene rings is 2. The molecule has 1 aliphatic rings. The number of carbonyl (C=O) groups excluding carboxylic acids is 1. The first kappa shape index (κ1) is 27.2. The van der Waals surface area contributed by atoms with Gasteiger partial charge >= 0.3 is 13.5 Å². The van der Waals surface area contributed by atoms with Gasteiger partial charge in [-0.25, -0.2) is 0 Å². The van der Waals surface area contributed by atoms with Gasteiger partial charge in [-0.2, -0.15) is 5.26 Å². The zero-order valence-electron chi connectivity index (χ0n) is 19.8. The van der Waals surface area contributed by atoms with E-state index in [-0.39, 0.29) is 35.2 Å². The molecule has 3 rings (SSSR count). The van der Waals surface area contributed by atoms with Crippen LogP contribution in [0.1, 0.15) is 49.0 Å². The van der Waals surface area contributed by atoms with Crippen molar-refractivity contribution in [2.24, 2.45) is 0 Å². The normalized spacial score (nSPS) is 14.8. The van der Waals surface area contributed by atoms with E-state index in [9.17, 15) is 33.3 Å². The SMILES string of the molecule is CCCc1ccc(OCC(C)(C#N)NC(=O)c2ccc(OC(F)(F)F)cc2)c(OC2CC2)c1B(O)O. The van der Waals surface area contributed by atoms with Gasteiger partial charge in [-0.1, -0.05) is 19.4 Å². The molecule has 0 radical (unpaired) electrons. The van der Waals surface area contributed by atoms with Gasteiger partial charge in [0.25, 0.3) is 5.91 Å². The number of aryl methyl sites for hydroxylation is 1. The van der Waals surface area contributed by atoms with Gasteiger partial charge < -0.3 is 29.6 Å². The third-order valence-corrected chi connectivity index (χ3v) is 5.34. The van der Waals surface area contributed by atoms with Gasteiger partial charge in [-0.15, -0.1) is 13.2 Å². The number of hydrogen-bond acceptors (Lipinski definition) is 7. The minimum Gasteiger partial charge on any atom is -0.487 e. The number of nitrogens with one attached hydrogen (secondary N) is 1. The van der Waals surface area contributed by atoms with E-state index >= 15 is 0 Å². The van der Waals surface area contributed by atoms with Crippen LogP contribution in [0.4, 0.5) is 13.2 Å². The van der Waals surface area contributed by atoms with E-state index < -0.39 is 30.7 Å². The Balaban J connectivity index is 1.76. The van der Waals surface area contributed by atoms with Gasteiger partial charge in [-0.05, 0) is 62.1 Å². The largest absolute Gasteiger partial charge is 0.573 e. The van der Waals surface area contributed by atoms with Gasteiger partial charge in [0.1, 0.15) is 12.4 Å². The van der Waals surface area contributed by atoms with E-state index in [2.05, 4.69) is 10.1 Å². The smallest absolute Gasteiger partial charge is 0.487 e. The summed E-state index contributed by atoms with van der Waals surface area (Å²) in [7, 11) is -1.80. The number of nitriles is 1. The van der Waals surface area contributed by atoms with E-state index in [1.165, 1.54) is 6.92 Å². The highest BCUT2D eigenvalue weighted by molar-refractivity contribution is 6.60. The monoisotopic (exact) mass is 506 g/mol. The molecule has 0 aliphatic heterocycles. The first-order chi connectivity index (χ1) is 16.9. The van der Waals surface area contributed by atoms with E-state index in [1.807, 2.05) is 13.0 Å². The summed E-state index contributed by atoms with van der Waals surface area (Å²) in [6, 6.07) is 9.53. The Bertz CT molecular complexity index is 1120. The van der Waals surface area contributed by atoms with Crippen LogP contribution in [0.2, 0.25) is 0 Å². The number of halogens is 3. The lowest BCUT2D eigenvalue weighted by atomic mass is 9.75. The van der Waals surface area contributed by atoms with Crippen molar-refractivity contribution in [2.45, 2.75) is 57.5 Å². The summed E-state index contributed by atoms with van der Waals surface area (Å²) < 4.78 is 52.5. The first-order valence-electron chi connectivity index (χ1n) is 11.4. The second kappa shape index (κ2) is 11.1. The molecule has 2 aromatic carbocycles. The molecule has 1 atom stereocenters. The Morgan fingerprint density at radius 3 is 2.39 bits per heavy atom. The van der Waals surface area contributed by atoms with E-state index in [1.54, 1.807) is 12.1 Å².